The van der Waals surface area contributed by atoms with Gasteiger partial charge in [-0.3, -0.25) is 9.48 Å². The van der Waals surface area contributed by atoms with E-state index in [1.165, 1.54) is 0 Å². The third-order valence-electron chi connectivity index (χ3n) is 4.11. The number of aromatic nitrogens is 5. The zero-order chi connectivity index (χ0) is 17.4. The van der Waals surface area contributed by atoms with Crippen molar-refractivity contribution in [1.29, 1.82) is 0 Å². The summed E-state index contributed by atoms with van der Waals surface area (Å²) in [4.78, 5) is 17.8. The average molecular weight is 352 g/mol. The summed E-state index contributed by atoms with van der Waals surface area (Å²) < 4.78 is 3.49. The summed E-state index contributed by atoms with van der Waals surface area (Å²) in [6.07, 6.45) is 3.51. The van der Waals surface area contributed by atoms with E-state index in [1.54, 1.807) is 39.0 Å². The van der Waals surface area contributed by atoms with E-state index in [9.17, 15) is 4.79 Å². The van der Waals surface area contributed by atoms with E-state index in [-0.39, 0.29) is 5.91 Å². The van der Waals surface area contributed by atoms with Crippen molar-refractivity contribution in [2.24, 2.45) is 7.05 Å². The van der Waals surface area contributed by atoms with Crippen molar-refractivity contribution < 1.29 is 4.79 Å². The first kappa shape index (κ1) is 15.5. The quantitative estimate of drug-likeness (QED) is 0.612. The SMILES string of the molecule is Cc1c(-c2ccnc3cc(C(=O)NCc4cccs4)nn23)cnn1C. The lowest BCUT2D eigenvalue weighted by Gasteiger charge is -2.03. The third-order valence-corrected chi connectivity index (χ3v) is 4.98. The zero-order valence-corrected chi connectivity index (χ0v) is 14.6. The fourth-order valence-corrected chi connectivity index (χ4v) is 3.28. The first-order valence-electron chi connectivity index (χ1n) is 7.78. The molecule has 0 bridgehead atoms. The van der Waals surface area contributed by atoms with Crippen molar-refractivity contribution >= 4 is 22.9 Å². The summed E-state index contributed by atoms with van der Waals surface area (Å²) in [5.74, 6) is -0.215. The van der Waals surface area contributed by atoms with E-state index < -0.39 is 0 Å². The molecule has 0 saturated heterocycles. The number of carbonyl (C=O) groups excluding carboxylic acids is 1. The van der Waals surface area contributed by atoms with Crippen LogP contribution < -0.4 is 5.32 Å². The highest BCUT2D eigenvalue weighted by molar-refractivity contribution is 7.09. The summed E-state index contributed by atoms with van der Waals surface area (Å²) >= 11 is 1.61. The van der Waals surface area contributed by atoms with E-state index in [2.05, 4.69) is 20.5 Å². The fourth-order valence-electron chi connectivity index (χ4n) is 2.63. The Hall–Kier alpha value is -3.00. The number of rotatable bonds is 4. The van der Waals surface area contributed by atoms with Crippen molar-refractivity contribution in [3.05, 3.63) is 58.3 Å². The highest BCUT2D eigenvalue weighted by atomic mass is 32.1. The van der Waals surface area contributed by atoms with Crippen molar-refractivity contribution in [2.45, 2.75) is 13.5 Å². The minimum Gasteiger partial charge on any atom is -0.346 e. The predicted molar refractivity (Wildman–Crippen MR) is 95.4 cm³/mol. The van der Waals surface area contributed by atoms with E-state index in [0.29, 0.717) is 17.9 Å². The largest absolute Gasteiger partial charge is 0.346 e. The van der Waals surface area contributed by atoms with Crippen molar-refractivity contribution in [3.8, 4) is 11.3 Å². The van der Waals surface area contributed by atoms with Crippen LogP contribution in [0.25, 0.3) is 16.9 Å². The lowest BCUT2D eigenvalue weighted by molar-refractivity contribution is 0.0946. The van der Waals surface area contributed by atoms with Crippen LogP contribution in [-0.4, -0.2) is 30.3 Å². The van der Waals surface area contributed by atoms with E-state index in [0.717, 1.165) is 21.8 Å². The lowest BCUT2D eigenvalue weighted by atomic mass is 10.2. The van der Waals surface area contributed by atoms with Gasteiger partial charge in [0.1, 0.15) is 0 Å². The number of nitrogens with zero attached hydrogens (tertiary/aromatic N) is 5. The summed E-state index contributed by atoms with van der Waals surface area (Å²) in [5, 5.41) is 13.6. The number of aryl methyl sites for hydroxylation is 1. The number of fused-ring (bicyclic) bond motifs is 1. The topological polar surface area (TPSA) is 77.1 Å². The van der Waals surface area contributed by atoms with Crippen LogP contribution in [0.4, 0.5) is 0 Å². The Kier molecular flexibility index (Phi) is 3.81. The Morgan fingerprint density at radius 2 is 2.24 bits per heavy atom. The second-order valence-electron chi connectivity index (χ2n) is 5.66. The smallest absolute Gasteiger partial charge is 0.272 e. The Morgan fingerprint density at radius 3 is 2.96 bits per heavy atom. The molecular weight excluding hydrogens is 336 g/mol. The number of nitrogens with one attached hydrogen (secondary N) is 1. The molecule has 0 unspecified atom stereocenters. The Balaban J connectivity index is 1.67. The molecule has 7 nitrogen and oxygen atoms in total. The Bertz CT molecular complexity index is 1050. The van der Waals surface area contributed by atoms with Gasteiger partial charge in [0.2, 0.25) is 0 Å². The van der Waals surface area contributed by atoms with Gasteiger partial charge in [-0.25, -0.2) is 9.50 Å². The number of carbonyl (C=O) groups is 1. The molecule has 25 heavy (non-hydrogen) atoms. The summed E-state index contributed by atoms with van der Waals surface area (Å²) in [7, 11) is 1.89. The van der Waals surface area contributed by atoms with Crippen LogP contribution in [0.3, 0.4) is 0 Å². The van der Waals surface area contributed by atoms with E-state index in [1.807, 2.05) is 37.6 Å². The molecule has 1 amide bonds. The Labute approximate surface area is 147 Å². The number of hydrogen-bond donors (Lipinski definition) is 1. The molecule has 0 radical (unpaired) electrons. The second kappa shape index (κ2) is 6.14. The summed E-state index contributed by atoms with van der Waals surface area (Å²) in [5.41, 5.74) is 3.81. The molecule has 4 rings (SSSR count). The number of amides is 1. The summed E-state index contributed by atoms with van der Waals surface area (Å²) in [6.45, 7) is 2.49. The third kappa shape index (κ3) is 2.80. The highest BCUT2D eigenvalue weighted by Gasteiger charge is 2.16. The number of hydrogen-bond acceptors (Lipinski definition) is 5. The van der Waals surface area contributed by atoms with Crippen LogP contribution >= 0.6 is 11.3 Å². The van der Waals surface area contributed by atoms with E-state index in [4.69, 9.17) is 0 Å². The van der Waals surface area contributed by atoms with Gasteiger partial charge >= 0.3 is 0 Å². The molecule has 126 valence electrons. The summed E-state index contributed by atoms with van der Waals surface area (Å²) in [6, 6.07) is 7.51. The zero-order valence-electron chi connectivity index (χ0n) is 13.8. The van der Waals surface area contributed by atoms with Gasteiger partial charge in [0.05, 0.1) is 18.4 Å². The molecular formula is C17H16N6OS. The number of thiophene rings is 1. The van der Waals surface area contributed by atoms with Gasteiger partial charge in [-0.2, -0.15) is 10.2 Å². The molecule has 1 N–H and O–H groups in total. The molecule has 0 saturated carbocycles. The van der Waals surface area contributed by atoms with Crippen LogP contribution in [-0.2, 0) is 13.6 Å². The minimum absolute atomic E-state index is 0.215. The van der Waals surface area contributed by atoms with Gasteiger partial charge < -0.3 is 5.32 Å². The minimum atomic E-state index is -0.215. The normalized spacial score (nSPS) is 11.1. The van der Waals surface area contributed by atoms with Crippen LogP contribution in [0.15, 0.2) is 42.0 Å². The van der Waals surface area contributed by atoms with Gasteiger partial charge in [0, 0.05) is 35.4 Å². The highest BCUT2D eigenvalue weighted by Crippen LogP contribution is 2.23. The van der Waals surface area contributed by atoms with Gasteiger partial charge in [-0.1, -0.05) is 6.07 Å². The fraction of sp³-hybridized carbons (Fsp3) is 0.176. The molecule has 4 aromatic rings. The molecule has 0 fully saturated rings. The van der Waals surface area contributed by atoms with Crippen molar-refractivity contribution in [1.82, 2.24) is 29.7 Å². The molecule has 0 spiro atoms. The second-order valence-corrected chi connectivity index (χ2v) is 6.69. The van der Waals surface area contributed by atoms with Crippen LogP contribution in [0, 0.1) is 6.92 Å². The predicted octanol–water partition coefficient (Wildman–Crippen LogP) is 2.43. The Morgan fingerprint density at radius 1 is 1.36 bits per heavy atom. The van der Waals surface area contributed by atoms with Crippen molar-refractivity contribution in [2.75, 3.05) is 0 Å². The van der Waals surface area contributed by atoms with Crippen LogP contribution in [0.5, 0.6) is 0 Å². The van der Waals surface area contributed by atoms with E-state index >= 15 is 0 Å². The monoisotopic (exact) mass is 352 g/mol. The first-order valence-corrected chi connectivity index (χ1v) is 8.66. The van der Waals surface area contributed by atoms with Gasteiger partial charge in [0.25, 0.3) is 5.91 Å². The van der Waals surface area contributed by atoms with Gasteiger partial charge in [0.15, 0.2) is 11.3 Å². The molecule has 0 aliphatic rings. The molecule has 0 aliphatic carbocycles. The van der Waals surface area contributed by atoms with Crippen molar-refractivity contribution in [3.63, 3.8) is 0 Å². The standard InChI is InChI=1S/C17H16N6OS/c1-11-13(10-20-22(11)2)15-5-6-18-16-8-14(21-23(15)16)17(24)19-9-12-4-3-7-25-12/h3-8,10H,9H2,1-2H3,(H,19,24). The van der Waals surface area contributed by atoms with Crippen LogP contribution in [0.1, 0.15) is 21.1 Å². The first-order chi connectivity index (χ1) is 12.1. The molecule has 0 aliphatic heterocycles. The van der Waals surface area contributed by atoms with Crippen LogP contribution in [0.2, 0.25) is 0 Å². The molecule has 4 aromatic heterocycles. The lowest BCUT2D eigenvalue weighted by Crippen LogP contribution is -2.22. The maximum atomic E-state index is 12.4. The molecule has 0 atom stereocenters. The average Bonchev–Trinajstić information content (AvgIpc) is 3.34. The maximum Gasteiger partial charge on any atom is 0.272 e. The van der Waals surface area contributed by atoms with Gasteiger partial charge in [-0.05, 0) is 24.4 Å². The maximum absolute atomic E-state index is 12.4. The molecule has 8 heteroatoms. The molecule has 0 aromatic carbocycles. The van der Waals surface area contributed by atoms with Gasteiger partial charge in [-0.15, -0.1) is 11.3 Å². The molecule has 4 heterocycles.